The Labute approximate surface area is 178 Å². The van der Waals surface area contributed by atoms with Crippen molar-refractivity contribution in [1.29, 1.82) is 0 Å². The number of benzene rings is 2. The van der Waals surface area contributed by atoms with E-state index in [9.17, 15) is 4.79 Å². The van der Waals surface area contributed by atoms with Crippen molar-refractivity contribution in [3.63, 3.8) is 0 Å². The molecule has 1 unspecified atom stereocenters. The fourth-order valence-electron chi connectivity index (χ4n) is 4.13. The number of nitrogens with zero attached hydrogens (tertiary/aromatic N) is 2. The quantitative estimate of drug-likeness (QED) is 0.600. The van der Waals surface area contributed by atoms with Crippen LogP contribution in [-0.2, 0) is 11.2 Å². The highest BCUT2D eigenvalue weighted by Gasteiger charge is 2.23. The molecule has 1 N–H and O–H groups in total. The van der Waals surface area contributed by atoms with Gasteiger partial charge in [0.05, 0.1) is 0 Å². The third-order valence-electron chi connectivity index (χ3n) is 5.76. The number of aryl methyl sites for hydroxylation is 1. The van der Waals surface area contributed by atoms with Crippen LogP contribution in [0.5, 0.6) is 0 Å². The monoisotopic (exact) mass is 403 g/mol. The third kappa shape index (κ3) is 4.79. The molecule has 1 atom stereocenters. The van der Waals surface area contributed by atoms with Crippen molar-refractivity contribution < 1.29 is 9.21 Å². The molecule has 0 radical (unpaired) electrons. The minimum absolute atomic E-state index is 0.0543. The van der Waals surface area contributed by atoms with Crippen LogP contribution in [0.3, 0.4) is 0 Å². The van der Waals surface area contributed by atoms with Crippen LogP contribution < -0.4 is 5.32 Å². The summed E-state index contributed by atoms with van der Waals surface area (Å²) in [5, 5.41) is 3.09. The zero-order valence-corrected chi connectivity index (χ0v) is 17.5. The van der Waals surface area contributed by atoms with Crippen molar-refractivity contribution >= 4 is 5.91 Å². The molecule has 2 aromatic carbocycles. The molecule has 3 aromatic rings. The SMILES string of the molecule is CCN1CCCC1CNC(=O)CCc1nc(-c2ccccc2)c(-c2ccccc2)o1. The molecule has 0 aliphatic carbocycles. The number of aromatic nitrogens is 1. The van der Waals surface area contributed by atoms with E-state index >= 15 is 0 Å². The number of rotatable bonds is 8. The predicted molar refractivity (Wildman–Crippen MR) is 119 cm³/mol. The van der Waals surface area contributed by atoms with Gasteiger partial charge in [0.25, 0.3) is 0 Å². The van der Waals surface area contributed by atoms with Crippen LogP contribution in [-0.4, -0.2) is 41.5 Å². The lowest BCUT2D eigenvalue weighted by atomic mass is 10.1. The van der Waals surface area contributed by atoms with E-state index in [2.05, 4.69) is 17.1 Å². The lowest BCUT2D eigenvalue weighted by molar-refractivity contribution is -0.121. The van der Waals surface area contributed by atoms with E-state index in [0.29, 0.717) is 24.8 Å². The Kier molecular flexibility index (Phi) is 6.60. The maximum Gasteiger partial charge on any atom is 0.220 e. The summed E-state index contributed by atoms with van der Waals surface area (Å²) in [6.45, 7) is 5.08. The number of likely N-dealkylation sites (tertiary alicyclic amines) is 1. The molecule has 156 valence electrons. The van der Waals surface area contributed by atoms with Crippen LogP contribution in [0.1, 0.15) is 32.1 Å². The normalized spacial score (nSPS) is 16.6. The molecule has 1 amide bonds. The van der Waals surface area contributed by atoms with Gasteiger partial charge in [0.15, 0.2) is 11.7 Å². The second-order valence-corrected chi connectivity index (χ2v) is 7.75. The van der Waals surface area contributed by atoms with Crippen LogP contribution in [0.15, 0.2) is 65.1 Å². The van der Waals surface area contributed by atoms with Gasteiger partial charge in [-0.25, -0.2) is 4.98 Å². The zero-order chi connectivity index (χ0) is 20.8. The van der Waals surface area contributed by atoms with Crippen molar-refractivity contribution in [3.8, 4) is 22.6 Å². The van der Waals surface area contributed by atoms with Crippen molar-refractivity contribution in [1.82, 2.24) is 15.2 Å². The third-order valence-corrected chi connectivity index (χ3v) is 5.76. The molecule has 4 rings (SSSR count). The van der Waals surface area contributed by atoms with Gasteiger partial charge in [-0.05, 0) is 25.9 Å². The average molecular weight is 404 g/mol. The fraction of sp³-hybridized carbons (Fsp3) is 0.360. The van der Waals surface area contributed by atoms with Crippen molar-refractivity contribution in [2.75, 3.05) is 19.6 Å². The Morgan fingerprint density at radius 2 is 1.80 bits per heavy atom. The van der Waals surface area contributed by atoms with Gasteiger partial charge < -0.3 is 9.73 Å². The molecule has 2 heterocycles. The van der Waals surface area contributed by atoms with Crippen molar-refractivity contribution in [2.45, 2.75) is 38.6 Å². The number of oxazole rings is 1. The molecule has 1 aliphatic rings. The van der Waals surface area contributed by atoms with Crippen molar-refractivity contribution in [2.24, 2.45) is 0 Å². The molecule has 1 fully saturated rings. The van der Waals surface area contributed by atoms with E-state index in [0.717, 1.165) is 48.6 Å². The first-order chi connectivity index (χ1) is 14.7. The molecule has 1 saturated heterocycles. The Hall–Kier alpha value is -2.92. The maximum atomic E-state index is 12.4. The summed E-state index contributed by atoms with van der Waals surface area (Å²) in [6.07, 6.45) is 3.24. The van der Waals surface area contributed by atoms with E-state index in [4.69, 9.17) is 9.40 Å². The molecule has 5 heteroatoms. The summed E-state index contributed by atoms with van der Waals surface area (Å²) in [6, 6.07) is 20.5. The molecule has 0 saturated carbocycles. The number of likely N-dealkylation sites (N-methyl/N-ethyl adjacent to an activating group) is 1. The highest BCUT2D eigenvalue weighted by Crippen LogP contribution is 2.32. The van der Waals surface area contributed by atoms with Crippen LogP contribution in [0.25, 0.3) is 22.6 Å². The number of nitrogens with one attached hydrogen (secondary N) is 1. The first kappa shape index (κ1) is 20.4. The van der Waals surface area contributed by atoms with E-state index in [-0.39, 0.29) is 5.91 Å². The number of carbonyl (C=O) groups excluding carboxylic acids is 1. The summed E-state index contributed by atoms with van der Waals surface area (Å²) < 4.78 is 6.12. The van der Waals surface area contributed by atoms with Crippen LogP contribution in [0.2, 0.25) is 0 Å². The Morgan fingerprint density at radius 1 is 1.10 bits per heavy atom. The minimum atomic E-state index is 0.0543. The van der Waals surface area contributed by atoms with E-state index in [1.165, 1.54) is 6.42 Å². The molecule has 1 aliphatic heterocycles. The highest BCUT2D eigenvalue weighted by atomic mass is 16.4. The Balaban J connectivity index is 1.43. The summed E-state index contributed by atoms with van der Waals surface area (Å²) in [5.41, 5.74) is 2.82. The standard InChI is InChI=1S/C25H29N3O2/c1-2-28-17-9-14-21(28)18-26-22(29)15-16-23-27-24(19-10-5-3-6-11-19)25(30-23)20-12-7-4-8-13-20/h3-8,10-13,21H,2,9,14-18H2,1H3,(H,26,29). The molecule has 0 spiro atoms. The van der Waals surface area contributed by atoms with E-state index < -0.39 is 0 Å². The molecule has 5 nitrogen and oxygen atoms in total. The Morgan fingerprint density at radius 3 is 2.50 bits per heavy atom. The van der Waals surface area contributed by atoms with Crippen LogP contribution >= 0.6 is 0 Å². The van der Waals surface area contributed by atoms with Gasteiger partial charge in [-0.1, -0.05) is 67.6 Å². The number of carbonyl (C=O) groups is 1. The number of amides is 1. The highest BCUT2D eigenvalue weighted by molar-refractivity contribution is 5.77. The number of hydrogen-bond acceptors (Lipinski definition) is 4. The second kappa shape index (κ2) is 9.72. The van der Waals surface area contributed by atoms with Gasteiger partial charge >= 0.3 is 0 Å². The summed E-state index contributed by atoms with van der Waals surface area (Å²) in [5.74, 6) is 1.40. The molecule has 0 bridgehead atoms. The topological polar surface area (TPSA) is 58.4 Å². The van der Waals surface area contributed by atoms with Crippen LogP contribution in [0, 0.1) is 0 Å². The minimum Gasteiger partial charge on any atom is -0.440 e. The van der Waals surface area contributed by atoms with Crippen LogP contribution in [0.4, 0.5) is 0 Å². The van der Waals surface area contributed by atoms with Crippen molar-refractivity contribution in [3.05, 3.63) is 66.6 Å². The first-order valence-electron chi connectivity index (χ1n) is 10.9. The average Bonchev–Trinajstić information content (AvgIpc) is 3.44. The van der Waals surface area contributed by atoms with E-state index in [1.54, 1.807) is 0 Å². The van der Waals surface area contributed by atoms with Gasteiger partial charge in [0, 0.05) is 36.6 Å². The molecular weight excluding hydrogens is 374 g/mol. The molecule has 30 heavy (non-hydrogen) atoms. The van der Waals surface area contributed by atoms with E-state index in [1.807, 2.05) is 60.7 Å². The molecule has 1 aromatic heterocycles. The maximum absolute atomic E-state index is 12.4. The van der Waals surface area contributed by atoms with Gasteiger partial charge in [-0.15, -0.1) is 0 Å². The lowest BCUT2D eigenvalue weighted by Gasteiger charge is -2.22. The smallest absolute Gasteiger partial charge is 0.220 e. The number of hydrogen-bond donors (Lipinski definition) is 1. The summed E-state index contributed by atoms with van der Waals surface area (Å²) in [4.78, 5) is 19.6. The first-order valence-corrected chi connectivity index (χ1v) is 10.9. The Bertz CT molecular complexity index is 896. The van der Waals surface area contributed by atoms with Gasteiger partial charge in [0.1, 0.15) is 5.69 Å². The van der Waals surface area contributed by atoms with Gasteiger partial charge in [-0.3, -0.25) is 9.69 Å². The lowest BCUT2D eigenvalue weighted by Crippen LogP contribution is -2.40. The van der Waals surface area contributed by atoms with Gasteiger partial charge in [0.2, 0.25) is 5.91 Å². The predicted octanol–water partition coefficient (Wildman–Crippen LogP) is 4.54. The fourth-order valence-corrected chi connectivity index (χ4v) is 4.13. The second-order valence-electron chi connectivity index (χ2n) is 7.75. The summed E-state index contributed by atoms with van der Waals surface area (Å²) >= 11 is 0. The summed E-state index contributed by atoms with van der Waals surface area (Å²) in [7, 11) is 0. The molecular formula is C25H29N3O2. The largest absolute Gasteiger partial charge is 0.440 e. The van der Waals surface area contributed by atoms with Gasteiger partial charge in [-0.2, -0.15) is 0 Å². The zero-order valence-electron chi connectivity index (χ0n) is 17.5.